The third-order valence-electron chi connectivity index (χ3n) is 4.68. The zero-order valence-electron chi connectivity index (χ0n) is 15.1. The topological polar surface area (TPSA) is 66.5 Å². The lowest BCUT2D eigenvalue weighted by Crippen LogP contribution is -2.26. The van der Waals surface area contributed by atoms with E-state index in [-0.39, 0.29) is 17.6 Å². The molecule has 138 valence electrons. The maximum absolute atomic E-state index is 12.5. The number of hydrogen-bond acceptors (Lipinski definition) is 3. The van der Waals surface area contributed by atoms with Gasteiger partial charge in [-0.3, -0.25) is 9.10 Å². The molecular weight excluding hydrogens is 348 g/mol. The van der Waals surface area contributed by atoms with Crippen LogP contribution in [0, 0.1) is 12.8 Å². The first kappa shape index (κ1) is 18.5. The second-order valence-electron chi connectivity index (χ2n) is 6.82. The summed E-state index contributed by atoms with van der Waals surface area (Å²) in [7, 11) is -3.24. The van der Waals surface area contributed by atoms with Crippen LogP contribution in [0.4, 0.5) is 11.4 Å². The van der Waals surface area contributed by atoms with E-state index in [9.17, 15) is 13.2 Å². The molecule has 3 rings (SSSR count). The Balaban J connectivity index is 1.74. The summed E-state index contributed by atoms with van der Waals surface area (Å²) < 4.78 is 25.8. The minimum Gasteiger partial charge on any atom is -0.326 e. The molecule has 1 amide bonds. The third kappa shape index (κ3) is 4.07. The summed E-state index contributed by atoms with van der Waals surface area (Å²) in [6, 6.07) is 15.3. The molecule has 1 saturated heterocycles. The predicted molar refractivity (Wildman–Crippen MR) is 105 cm³/mol. The van der Waals surface area contributed by atoms with Crippen LogP contribution in [-0.2, 0) is 21.2 Å². The van der Waals surface area contributed by atoms with E-state index in [2.05, 4.69) is 5.32 Å². The van der Waals surface area contributed by atoms with Gasteiger partial charge in [0.1, 0.15) is 0 Å². The molecule has 1 aliphatic heterocycles. The lowest BCUT2D eigenvalue weighted by molar-refractivity contribution is -0.119. The second-order valence-corrected chi connectivity index (χ2v) is 8.84. The highest BCUT2D eigenvalue weighted by molar-refractivity contribution is 7.93. The van der Waals surface area contributed by atoms with Crippen molar-refractivity contribution in [3.63, 3.8) is 0 Å². The quantitative estimate of drug-likeness (QED) is 0.875. The number of anilines is 2. The van der Waals surface area contributed by atoms with Crippen molar-refractivity contribution in [2.75, 3.05) is 21.9 Å². The molecule has 1 fully saturated rings. The van der Waals surface area contributed by atoms with Gasteiger partial charge in [0.15, 0.2) is 0 Å². The highest BCUT2D eigenvalue weighted by atomic mass is 32.2. The molecule has 6 heteroatoms. The standard InChI is InChI=1S/C20H24N2O3S/c1-15-9-10-18(14-19(15)22-11-6-12-26(22,24)25)21-20(23)16(2)13-17-7-4-3-5-8-17/h3-5,7-10,14,16H,6,11-13H2,1-2H3,(H,21,23). The Hall–Kier alpha value is -2.34. The van der Waals surface area contributed by atoms with E-state index < -0.39 is 10.0 Å². The average Bonchev–Trinajstić information content (AvgIpc) is 2.96. The van der Waals surface area contributed by atoms with Gasteiger partial charge < -0.3 is 5.32 Å². The number of carbonyl (C=O) groups is 1. The first-order chi connectivity index (χ1) is 12.4. The molecule has 0 saturated carbocycles. The molecular formula is C20H24N2O3S. The van der Waals surface area contributed by atoms with Crippen LogP contribution in [0.2, 0.25) is 0 Å². The normalized spacial score (nSPS) is 17.1. The molecule has 2 aromatic rings. The minimum absolute atomic E-state index is 0.0760. The summed E-state index contributed by atoms with van der Waals surface area (Å²) in [5.41, 5.74) is 3.27. The average molecular weight is 372 g/mol. The Morgan fingerprint density at radius 1 is 1.19 bits per heavy atom. The van der Waals surface area contributed by atoms with Gasteiger partial charge in [0, 0.05) is 18.2 Å². The number of nitrogens with one attached hydrogen (secondary N) is 1. The van der Waals surface area contributed by atoms with Crippen molar-refractivity contribution in [2.45, 2.75) is 26.7 Å². The third-order valence-corrected chi connectivity index (χ3v) is 6.53. The van der Waals surface area contributed by atoms with Crippen LogP contribution in [0.1, 0.15) is 24.5 Å². The summed E-state index contributed by atoms with van der Waals surface area (Å²) >= 11 is 0. The van der Waals surface area contributed by atoms with Crippen molar-refractivity contribution in [1.82, 2.24) is 0 Å². The first-order valence-electron chi connectivity index (χ1n) is 8.83. The summed E-state index contributed by atoms with van der Waals surface area (Å²) in [6.07, 6.45) is 1.29. The number of rotatable bonds is 5. The molecule has 5 nitrogen and oxygen atoms in total. The van der Waals surface area contributed by atoms with Crippen molar-refractivity contribution in [3.05, 3.63) is 59.7 Å². The molecule has 1 aliphatic rings. The van der Waals surface area contributed by atoms with E-state index >= 15 is 0 Å². The van der Waals surface area contributed by atoms with Gasteiger partial charge in [0.25, 0.3) is 0 Å². The molecule has 1 atom stereocenters. The van der Waals surface area contributed by atoms with Crippen LogP contribution in [-0.4, -0.2) is 26.6 Å². The van der Waals surface area contributed by atoms with Crippen molar-refractivity contribution in [3.8, 4) is 0 Å². The summed E-state index contributed by atoms with van der Waals surface area (Å²) in [6.45, 7) is 4.26. The van der Waals surface area contributed by atoms with E-state index in [1.807, 2.05) is 56.3 Å². The number of nitrogens with zero attached hydrogens (tertiary/aromatic N) is 1. The van der Waals surface area contributed by atoms with Gasteiger partial charge in [-0.25, -0.2) is 8.42 Å². The second kappa shape index (κ2) is 7.50. The Kier molecular flexibility index (Phi) is 5.32. The zero-order chi connectivity index (χ0) is 18.7. The monoisotopic (exact) mass is 372 g/mol. The zero-order valence-corrected chi connectivity index (χ0v) is 15.9. The van der Waals surface area contributed by atoms with E-state index in [1.54, 1.807) is 6.07 Å². The first-order valence-corrected chi connectivity index (χ1v) is 10.4. The minimum atomic E-state index is -3.24. The van der Waals surface area contributed by atoms with Crippen molar-refractivity contribution in [1.29, 1.82) is 0 Å². The molecule has 0 radical (unpaired) electrons. The van der Waals surface area contributed by atoms with Crippen molar-refractivity contribution < 1.29 is 13.2 Å². The molecule has 0 spiro atoms. The van der Waals surface area contributed by atoms with Gasteiger partial charge in [-0.2, -0.15) is 0 Å². The van der Waals surface area contributed by atoms with Crippen molar-refractivity contribution >= 4 is 27.3 Å². The highest BCUT2D eigenvalue weighted by Crippen LogP contribution is 2.30. The molecule has 26 heavy (non-hydrogen) atoms. The lowest BCUT2D eigenvalue weighted by Gasteiger charge is -2.21. The molecule has 1 unspecified atom stereocenters. The number of hydrogen-bond donors (Lipinski definition) is 1. The number of sulfonamides is 1. The predicted octanol–water partition coefficient (Wildman–Crippen LogP) is 3.35. The molecule has 0 aromatic heterocycles. The Morgan fingerprint density at radius 2 is 1.92 bits per heavy atom. The van der Waals surface area contributed by atoms with Crippen LogP contribution < -0.4 is 9.62 Å². The van der Waals surface area contributed by atoms with E-state index in [0.717, 1.165) is 11.1 Å². The number of aryl methyl sites for hydroxylation is 1. The van der Waals surface area contributed by atoms with Gasteiger partial charge in [-0.1, -0.05) is 43.3 Å². The lowest BCUT2D eigenvalue weighted by atomic mass is 10.0. The van der Waals surface area contributed by atoms with Crippen LogP contribution in [0.5, 0.6) is 0 Å². The van der Waals surface area contributed by atoms with Gasteiger partial charge in [0.2, 0.25) is 15.9 Å². The Morgan fingerprint density at radius 3 is 2.58 bits per heavy atom. The number of carbonyl (C=O) groups excluding carboxylic acids is 1. The SMILES string of the molecule is Cc1ccc(NC(=O)C(C)Cc2ccccc2)cc1N1CCCS1(=O)=O. The van der Waals surface area contributed by atoms with E-state index in [0.29, 0.717) is 30.8 Å². The van der Waals surface area contributed by atoms with E-state index in [4.69, 9.17) is 0 Å². The van der Waals surface area contributed by atoms with Gasteiger partial charge in [-0.15, -0.1) is 0 Å². The maximum Gasteiger partial charge on any atom is 0.235 e. The van der Waals surface area contributed by atoms with Crippen LogP contribution in [0.15, 0.2) is 48.5 Å². The van der Waals surface area contributed by atoms with Gasteiger partial charge in [-0.05, 0) is 43.0 Å². The van der Waals surface area contributed by atoms with E-state index in [1.165, 1.54) is 4.31 Å². The molecule has 2 aromatic carbocycles. The smallest absolute Gasteiger partial charge is 0.235 e. The van der Waals surface area contributed by atoms with Gasteiger partial charge >= 0.3 is 0 Å². The van der Waals surface area contributed by atoms with Crippen LogP contribution in [0.25, 0.3) is 0 Å². The summed E-state index contributed by atoms with van der Waals surface area (Å²) in [4.78, 5) is 12.5. The summed E-state index contributed by atoms with van der Waals surface area (Å²) in [5, 5.41) is 2.92. The maximum atomic E-state index is 12.5. The van der Waals surface area contributed by atoms with Crippen LogP contribution >= 0.6 is 0 Å². The Bertz CT molecular complexity index is 895. The fourth-order valence-corrected chi connectivity index (χ4v) is 4.81. The fourth-order valence-electron chi connectivity index (χ4n) is 3.19. The largest absolute Gasteiger partial charge is 0.326 e. The van der Waals surface area contributed by atoms with Crippen molar-refractivity contribution in [2.24, 2.45) is 5.92 Å². The number of amides is 1. The molecule has 0 bridgehead atoms. The Labute approximate surface area is 155 Å². The summed E-state index contributed by atoms with van der Waals surface area (Å²) in [5.74, 6) is -0.0810. The fraction of sp³-hybridized carbons (Fsp3) is 0.350. The van der Waals surface area contributed by atoms with Gasteiger partial charge in [0.05, 0.1) is 11.4 Å². The molecule has 0 aliphatic carbocycles. The number of benzene rings is 2. The van der Waals surface area contributed by atoms with Crippen LogP contribution in [0.3, 0.4) is 0 Å². The molecule has 1 heterocycles. The molecule has 1 N–H and O–H groups in total. The highest BCUT2D eigenvalue weighted by Gasteiger charge is 2.29.